The predicted molar refractivity (Wildman–Crippen MR) is 72.4 cm³/mol. The maximum absolute atomic E-state index is 13.3. The molecule has 1 heterocycles. The summed E-state index contributed by atoms with van der Waals surface area (Å²) in [4.78, 5) is 23.8. The van der Waals surface area contributed by atoms with E-state index in [1.165, 1.54) is 4.90 Å². The van der Waals surface area contributed by atoms with Gasteiger partial charge in [-0.05, 0) is 24.8 Å². The summed E-state index contributed by atoms with van der Waals surface area (Å²) in [5.74, 6) is -2.82. The molecule has 1 aliphatic heterocycles. The fourth-order valence-electron chi connectivity index (χ4n) is 2.40. The van der Waals surface area contributed by atoms with Crippen molar-refractivity contribution >= 4 is 23.2 Å². The summed E-state index contributed by atoms with van der Waals surface area (Å²) in [5, 5.41) is 10.9. The Balaban J connectivity index is 2.34. The highest BCUT2D eigenvalue weighted by molar-refractivity contribution is 6.18. The van der Waals surface area contributed by atoms with Crippen LogP contribution in [0.15, 0.2) is 12.1 Å². The Labute approximate surface area is 124 Å². The van der Waals surface area contributed by atoms with Crippen LogP contribution in [0.25, 0.3) is 0 Å². The molecule has 21 heavy (non-hydrogen) atoms. The van der Waals surface area contributed by atoms with Crippen LogP contribution in [0, 0.1) is 27.7 Å². The van der Waals surface area contributed by atoms with E-state index < -0.39 is 33.7 Å². The first-order chi connectivity index (χ1) is 9.93. The normalized spacial score (nSPS) is 18.6. The molecule has 1 aliphatic rings. The van der Waals surface area contributed by atoms with Gasteiger partial charge in [0.15, 0.2) is 11.6 Å². The number of carbonyl (C=O) groups excluding carboxylic acids is 1. The summed E-state index contributed by atoms with van der Waals surface area (Å²) in [6.45, 7) is 0.779. The van der Waals surface area contributed by atoms with E-state index in [-0.39, 0.29) is 5.92 Å². The fourth-order valence-corrected chi connectivity index (χ4v) is 2.66. The van der Waals surface area contributed by atoms with E-state index in [0.717, 1.165) is 12.8 Å². The van der Waals surface area contributed by atoms with Gasteiger partial charge >= 0.3 is 0 Å². The molecular weight excluding hydrogens is 306 g/mol. The zero-order valence-corrected chi connectivity index (χ0v) is 11.8. The van der Waals surface area contributed by atoms with Crippen LogP contribution >= 0.6 is 11.6 Å². The van der Waals surface area contributed by atoms with E-state index in [2.05, 4.69) is 0 Å². The first-order valence-electron chi connectivity index (χ1n) is 6.42. The fraction of sp³-hybridized carbons (Fsp3) is 0.462. The molecule has 8 heteroatoms. The smallest absolute Gasteiger partial charge is 0.285 e. The van der Waals surface area contributed by atoms with Gasteiger partial charge in [0, 0.05) is 19.0 Å². The van der Waals surface area contributed by atoms with Crippen LogP contribution in [0.4, 0.5) is 14.5 Å². The lowest BCUT2D eigenvalue weighted by Crippen LogP contribution is -2.40. The topological polar surface area (TPSA) is 63.4 Å². The van der Waals surface area contributed by atoms with Crippen molar-refractivity contribution in [2.24, 2.45) is 5.92 Å². The van der Waals surface area contributed by atoms with Gasteiger partial charge in [0.2, 0.25) is 0 Å². The van der Waals surface area contributed by atoms with Gasteiger partial charge in [0.1, 0.15) is 5.56 Å². The number of piperidine rings is 1. The van der Waals surface area contributed by atoms with Gasteiger partial charge in [0.05, 0.1) is 11.0 Å². The Morgan fingerprint density at radius 3 is 2.71 bits per heavy atom. The van der Waals surface area contributed by atoms with Crippen LogP contribution in [0.3, 0.4) is 0 Å². The van der Waals surface area contributed by atoms with Crippen molar-refractivity contribution in [2.75, 3.05) is 19.0 Å². The molecule has 0 radical (unpaired) electrons. The van der Waals surface area contributed by atoms with Gasteiger partial charge in [-0.3, -0.25) is 14.9 Å². The molecule has 0 aliphatic carbocycles. The lowest BCUT2D eigenvalue weighted by molar-refractivity contribution is -0.385. The molecule has 0 bridgehead atoms. The van der Waals surface area contributed by atoms with E-state index in [1.54, 1.807) is 0 Å². The van der Waals surface area contributed by atoms with Gasteiger partial charge < -0.3 is 4.90 Å². The zero-order chi connectivity index (χ0) is 15.6. The molecule has 1 aromatic rings. The molecule has 1 aromatic carbocycles. The van der Waals surface area contributed by atoms with Crippen LogP contribution in [-0.2, 0) is 0 Å². The number of amides is 1. The molecule has 2 rings (SSSR count). The van der Waals surface area contributed by atoms with Gasteiger partial charge in [-0.15, -0.1) is 11.6 Å². The third-order valence-electron chi connectivity index (χ3n) is 3.49. The van der Waals surface area contributed by atoms with E-state index >= 15 is 0 Å². The maximum atomic E-state index is 13.3. The molecular formula is C13H13ClF2N2O3. The summed E-state index contributed by atoms with van der Waals surface area (Å²) in [5.41, 5.74) is -1.17. The lowest BCUT2D eigenvalue weighted by atomic mass is 9.99. The quantitative estimate of drug-likeness (QED) is 0.489. The highest BCUT2D eigenvalue weighted by Gasteiger charge is 2.30. The second kappa shape index (κ2) is 6.34. The van der Waals surface area contributed by atoms with Gasteiger partial charge in [0.25, 0.3) is 11.6 Å². The van der Waals surface area contributed by atoms with Crippen LogP contribution in [0.5, 0.6) is 0 Å². The first kappa shape index (κ1) is 15.6. The second-order valence-corrected chi connectivity index (χ2v) is 5.26. The number of hydrogen-bond acceptors (Lipinski definition) is 3. The molecule has 0 N–H and O–H groups in total. The summed E-state index contributed by atoms with van der Waals surface area (Å²) in [7, 11) is 0. The average Bonchev–Trinajstić information content (AvgIpc) is 2.48. The van der Waals surface area contributed by atoms with Gasteiger partial charge in [-0.25, -0.2) is 8.78 Å². The Hall–Kier alpha value is -1.76. The highest BCUT2D eigenvalue weighted by Crippen LogP contribution is 2.26. The summed E-state index contributed by atoms with van der Waals surface area (Å²) in [6.07, 6.45) is 1.59. The van der Waals surface area contributed by atoms with Crippen molar-refractivity contribution in [1.29, 1.82) is 0 Å². The van der Waals surface area contributed by atoms with E-state index in [1.807, 2.05) is 0 Å². The molecule has 1 saturated heterocycles. The van der Waals surface area contributed by atoms with E-state index in [4.69, 9.17) is 11.6 Å². The minimum absolute atomic E-state index is 0.105. The largest absolute Gasteiger partial charge is 0.338 e. The minimum atomic E-state index is -1.35. The summed E-state index contributed by atoms with van der Waals surface area (Å²) >= 11 is 5.77. The Kier molecular flexibility index (Phi) is 4.72. The van der Waals surface area contributed by atoms with Crippen molar-refractivity contribution < 1.29 is 18.5 Å². The first-order valence-corrected chi connectivity index (χ1v) is 6.96. The lowest BCUT2D eigenvalue weighted by Gasteiger charge is -2.31. The molecule has 114 valence electrons. The third-order valence-corrected chi connectivity index (χ3v) is 3.93. The van der Waals surface area contributed by atoms with Crippen molar-refractivity contribution in [3.63, 3.8) is 0 Å². The highest BCUT2D eigenvalue weighted by atomic mass is 35.5. The Morgan fingerprint density at radius 2 is 2.10 bits per heavy atom. The number of alkyl halides is 1. The van der Waals surface area contributed by atoms with Crippen molar-refractivity contribution in [3.05, 3.63) is 39.4 Å². The zero-order valence-electron chi connectivity index (χ0n) is 11.0. The standard InChI is InChI=1S/C13H13ClF2N2O3/c14-6-8-2-1-3-17(7-8)13(19)9-4-10(15)11(16)5-12(9)18(20)21/h4-5,8H,1-3,6-7H2. The number of likely N-dealkylation sites (tertiary alicyclic amines) is 1. The number of nitrogens with zero attached hydrogens (tertiary/aromatic N) is 2. The van der Waals surface area contributed by atoms with E-state index in [9.17, 15) is 23.7 Å². The van der Waals surface area contributed by atoms with Gasteiger partial charge in [-0.1, -0.05) is 0 Å². The third kappa shape index (κ3) is 3.29. The number of nitro benzene ring substituents is 1. The maximum Gasteiger partial charge on any atom is 0.285 e. The van der Waals surface area contributed by atoms with Crippen LogP contribution in [-0.4, -0.2) is 34.7 Å². The minimum Gasteiger partial charge on any atom is -0.338 e. The molecule has 0 saturated carbocycles. The number of carbonyl (C=O) groups is 1. The average molecular weight is 319 g/mol. The molecule has 0 aromatic heterocycles. The van der Waals surface area contributed by atoms with Gasteiger partial charge in [-0.2, -0.15) is 0 Å². The van der Waals surface area contributed by atoms with Crippen LogP contribution in [0.1, 0.15) is 23.2 Å². The number of nitro groups is 1. The number of hydrogen-bond donors (Lipinski definition) is 0. The number of halogens is 3. The van der Waals surface area contributed by atoms with Crippen molar-refractivity contribution in [2.45, 2.75) is 12.8 Å². The predicted octanol–water partition coefficient (Wildman–Crippen LogP) is 2.96. The van der Waals surface area contributed by atoms with Crippen LogP contribution in [0.2, 0.25) is 0 Å². The number of benzene rings is 1. The monoisotopic (exact) mass is 318 g/mol. The molecule has 1 atom stereocenters. The molecule has 1 unspecified atom stereocenters. The van der Waals surface area contributed by atoms with Crippen molar-refractivity contribution in [1.82, 2.24) is 4.90 Å². The Morgan fingerprint density at radius 1 is 1.43 bits per heavy atom. The SMILES string of the molecule is O=C(c1cc(F)c(F)cc1[N+](=O)[O-])N1CCCC(CCl)C1. The Bertz CT molecular complexity index is 583. The second-order valence-electron chi connectivity index (χ2n) is 4.95. The van der Waals surface area contributed by atoms with E-state index in [0.29, 0.717) is 31.1 Å². The summed E-state index contributed by atoms with van der Waals surface area (Å²) < 4.78 is 26.4. The number of rotatable bonds is 3. The molecule has 5 nitrogen and oxygen atoms in total. The molecule has 1 fully saturated rings. The van der Waals surface area contributed by atoms with Crippen molar-refractivity contribution in [3.8, 4) is 0 Å². The molecule has 0 spiro atoms. The van der Waals surface area contributed by atoms with Crippen LogP contribution < -0.4 is 0 Å². The summed E-state index contributed by atoms with van der Waals surface area (Å²) in [6, 6.07) is 1.02. The molecule has 1 amide bonds.